The molecule has 0 radical (unpaired) electrons. The molecular weight excluding hydrogens is 176 g/mol. The number of fused-ring (bicyclic) bond motifs is 1. The zero-order valence-electron chi connectivity index (χ0n) is 7.99. The number of rotatable bonds is 2. The molecule has 2 aromatic rings. The number of aromatic nitrogens is 1. The van der Waals surface area contributed by atoms with Crippen LogP contribution in [0.25, 0.3) is 10.8 Å². The lowest BCUT2D eigenvalue weighted by Gasteiger charge is -2.06. The lowest BCUT2D eigenvalue weighted by molar-refractivity contribution is 0.481. The molecule has 0 saturated heterocycles. The molecule has 2 rings (SSSR count). The Labute approximate surface area is 82.4 Å². The van der Waals surface area contributed by atoms with E-state index in [-0.39, 0.29) is 0 Å². The van der Waals surface area contributed by atoms with Gasteiger partial charge in [-0.2, -0.15) is 0 Å². The lowest BCUT2D eigenvalue weighted by Crippen LogP contribution is -2.07. The maximum atomic E-state index is 9.71. The van der Waals surface area contributed by atoms with Gasteiger partial charge < -0.3 is 10.4 Å². The van der Waals surface area contributed by atoms with Crippen LogP contribution in [0.1, 0.15) is 5.69 Å². The number of phenols is 1. The average molecular weight is 188 g/mol. The molecule has 0 aliphatic heterocycles. The SMILES string of the molecule is CNCc1nccc2cccc(O)c12. The number of pyridine rings is 1. The molecule has 0 amide bonds. The Morgan fingerprint density at radius 1 is 1.36 bits per heavy atom. The minimum Gasteiger partial charge on any atom is -0.507 e. The summed E-state index contributed by atoms with van der Waals surface area (Å²) in [4.78, 5) is 4.23. The van der Waals surface area contributed by atoms with Gasteiger partial charge in [0.1, 0.15) is 5.75 Å². The molecule has 3 nitrogen and oxygen atoms in total. The van der Waals surface area contributed by atoms with E-state index in [2.05, 4.69) is 10.3 Å². The molecule has 0 atom stereocenters. The van der Waals surface area contributed by atoms with Crippen molar-refractivity contribution >= 4 is 10.8 Å². The van der Waals surface area contributed by atoms with E-state index >= 15 is 0 Å². The van der Waals surface area contributed by atoms with E-state index < -0.39 is 0 Å². The molecule has 0 aliphatic carbocycles. The largest absolute Gasteiger partial charge is 0.507 e. The summed E-state index contributed by atoms with van der Waals surface area (Å²) in [6.07, 6.45) is 1.76. The van der Waals surface area contributed by atoms with Crippen molar-refractivity contribution in [1.29, 1.82) is 0 Å². The maximum Gasteiger partial charge on any atom is 0.125 e. The van der Waals surface area contributed by atoms with Crippen LogP contribution < -0.4 is 5.32 Å². The van der Waals surface area contributed by atoms with E-state index in [1.54, 1.807) is 12.3 Å². The third-order valence-corrected chi connectivity index (χ3v) is 2.19. The minimum atomic E-state index is 0.292. The van der Waals surface area contributed by atoms with Crippen molar-refractivity contribution in [3.8, 4) is 5.75 Å². The quantitative estimate of drug-likeness (QED) is 0.753. The molecule has 1 heterocycles. The Balaban J connectivity index is 2.71. The second-order valence-electron chi connectivity index (χ2n) is 3.16. The van der Waals surface area contributed by atoms with E-state index in [9.17, 15) is 5.11 Å². The van der Waals surface area contributed by atoms with Crippen molar-refractivity contribution in [2.75, 3.05) is 7.05 Å². The van der Waals surface area contributed by atoms with Crippen LogP contribution in [-0.2, 0) is 6.54 Å². The van der Waals surface area contributed by atoms with E-state index in [4.69, 9.17) is 0 Å². The Bertz CT molecular complexity index is 449. The molecule has 0 fully saturated rings. The Hall–Kier alpha value is -1.61. The number of hydrogen-bond donors (Lipinski definition) is 2. The molecule has 1 aromatic carbocycles. The van der Waals surface area contributed by atoms with Gasteiger partial charge in [0.15, 0.2) is 0 Å². The summed E-state index contributed by atoms with van der Waals surface area (Å²) in [6, 6.07) is 7.38. The minimum absolute atomic E-state index is 0.292. The first-order valence-electron chi connectivity index (χ1n) is 4.53. The fourth-order valence-corrected chi connectivity index (χ4v) is 1.58. The number of nitrogens with one attached hydrogen (secondary N) is 1. The number of aromatic hydroxyl groups is 1. The predicted molar refractivity (Wildman–Crippen MR) is 56.2 cm³/mol. The Morgan fingerprint density at radius 2 is 2.21 bits per heavy atom. The lowest BCUT2D eigenvalue weighted by atomic mass is 10.1. The van der Waals surface area contributed by atoms with Gasteiger partial charge in [0.2, 0.25) is 0 Å². The van der Waals surface area contributed by atoms with Gasteiger partial charge in [0.25, 0.3) is 0 Å². The van der Waals surface area contributed by atoms with E-state index in [0.717, 1.165) is 16.5 Å². The van der Waals surface area contributed by atoms with Gasteiger partial charge >= 0.3 is 0 Å². The normalized spacial score (nSPS) is 10.6. The third-order valence-electron chi connectivity index (χ3n) is 2.19. The molecule has 0 spiro atoms. The first kappa shape index (κ1) is 8.97. The van der Waals surface area contributed by atoms with Crippen LogP contribution in [-0.4, -0.2) is 17.1 Å². The Kier molecular flexibility index (Phi) is 2.33. The summed E-state index contributed by atoms with van der Waals surface area (Å²) < 4.78 is 0. The second kappa shape index (κ2) is 3.64. The van der Waals surface area contributed by atoms with Crippen molar-refractivity contribution in [1.82, 2.24) is 10.3 Å². The molecule has 0 unspecified atom stereocenters. The van der Waals surface area contributed by atoms with Crippen molar-refractivity contribution in [3.05, 3.63) is 36.2 Å². The maximum absolute atomic E-state index is 9.71. The summed E-state index contributed by atoms with van der Waals surface area (Å²) in [7, 11) is 1.86. The number of nitrogens with zero attached hydrogens (tertiary/aromatic N) is 1. The van der Waals surface area contributed by atoms with Crippen molar-refractivity contribution in [2.24, 2.45) is 0 Å². The molecule has 1 aromatic heterocycles. The first-order valence-corrected chi connectivity index (χ1v) is 4.53. The first-order chi connectivity index (χ1) is 6.83. The summed E-state index contributed by atoms with van der Waals surface area (Å²) in [5.41, 5.74) is 0.878. The number of benzene rings is 1. The Morgan fingerprint density at radius 3 is 3.00 bits per heavy atom. The van der Waals surface area contributed by atoms with Gasteiger partial charge in [-0.05, 0) is 24.6 Å². The summed E-state index contributed by atoms with van der Waals surface area (Å²) in [5.74, 6) is 0.292. The predicted octanol–water partition coefficient (Wildman–Crippen LogP) is 1.66. The van der Waals surface area contributed by atoms with E-state index in [0.29, 0.717) is 12.3 Å². The smallest absolute Gasteiger partial charge is 0.125 e. The van der Waals surface area contributed by atoms with Crippen LogP contribution >= 0.6 is 0 Å². The van der Waals surface area contributed by atoms with E-state index in [1.165, 1.54) is 0 Å². The van der Waals surface area contributed by atoms with Crippen molar-refractivity contribution in [3.63, 3.8) is 0 Å². The van der Waals surface area contributed by atoms with Crippen LogP contribution in [0.3, 0.4) is 0 Å². The van der Waals surface area contributed by atoms with Crippen LogP contribution in [0, 0.1) is 0 Å². The topological polar surface area (TPSA) is 45.2 Å². The fourth-order valence-electron chi connectivity index (χ4n) is 1.58. The van der Waals surface area contributed by atoms with Gasteiger partial charge in [-0.25, -0.2) is 0 Å². The highest BCUT2D eigenvalue weighted by Gasteiger charge is 2.05. The molecule has 2 N–H and O–H groups in total. The highest BCUT2D eigenvalue weighted by molar-refractivity contribution is 5.89. The van der Waals surface area contributed by atoms with Crippen LogP contribution in [0.5, 0.6) is 5.75 Å². The number of phenolic OH excluding ortho intramolecular Hbond substituents is 1. The molecule has 14 heavy (non-hydrogen) atoms. The van der Waals surface area contributed by atoms with Gasteiger partial charge in [-0.1, -0.05) is 12.1 Å². The van der Waals surface area contributed by atoms with Gasteiger partial charge in [-0.3, -0.25) is 4.98 Å². The zero-order chi connectivity index (χ0) is 9.97. The van der Waals surface area contributed by atoms with Crippen LogP contribution in [0.4, 0.5) is 0 Å². The van der Waals surface area contributed by atoms with Gasteiger partial charge in [0, 0.05) is 18.1 Å². The summed E-state index contributed by atoms with van der Waals surface area (Å²) in [5, 5.41) is 14.6. The molecular formula is C11H12N2O. The molecule has 0 saturated carbocycles. The van der Waals surface area contributed by atoms with Crippen molar-refractivity contribution in [2.45, 2.75) is 6.54 Å². The number of hydrogen-bond acceptors (Lipinski definition) is 3. The monoisotopic (exact) mass is 188 g/mol. The third kappa shape index (κ3) is 1.42. The molecule has 0 bridgehead atoms. The summed E-state index contributed by atoms with van der Waals surface area (Å²) in [6.45, 7) is 0.662. The second-order valence-corrected chi connectivity index (χ2v) is 3.16. The van der Waals surface area contributed by atoms with E-state index in [1.807, 2.05) is 25.2 Å². The average Bonchev–Trinajstić information content (AvgIpc) is 2.19. The standard InChI is InChI=1S/C11H12N2O/c1-12-7-9-11-8(5-6-13-9)3-2-4-10(11)14/h2-6,12,14H,7H2,1H3. The van der Waals surface area contributed by atoms with Crippen molar-refractivity contribution < 1.29 is 5.11 Å². The molecule has 0 aliphatic rings. The molecule has 3 heteroatoms. The van der Waals surface area contributed by atoms with Gasteiger partial charge in [0.05, 0.1) is 5.69 Å². The van der Waals surface area contributed by atoms with Crippen LogP contribution in [0.15, 0.2) is 30.5 Å². The fraction of sp³-hybridized carbons (Fsp3) is 0.182. The van der Waals surface area contributed by atoms with Crippen LogP contribution in [0.2, 0.25) is 0 Å². The summed E-state index contributed by atoms with van der Waals surface area (Å²) >= 11 is 0. The highest BCUT2D eigenvalue weighted by atomic mass is 16.3. The van der Waals surface area contributed by atoms with Gasteiger partial charge in [-0.15, -0.1) is 0 Å². The molecule has 72 valence electrons. The zero-order valence-corrected chi connectivity index (χ0v) is 7.99. The highest BCUT2D eigenvalue weighted by Crippen LogP contribution is 2.26.